The van der Waals surface area contributed by atoms with E-state index in [1.165, 1.54) is 6.92 Å². The van der Waals surface area contributed by atoms with Crippen molar-refractivity contribution in [2.45, 2.75) is 71.6 Å². The summed E-state index contributed by atoms with van der Waals surface area (Å²) in [6.45, 7) is 17.5. The van der Waals surface area contributed by atoms with Gasteiger partial charge in [0.1, 0.15) is 0 Å². The van der Waals surface area contributed by atoms with Crippen LogP contribution < -0.4 is 5.32 Å². The second-order valence-corrected chi connectivity index (χ2v) is 21.9. The zero-order chi connectivity index (χ0) is 19.6. The summed E-state index contributed by atoms with van der Waals surface area (Å²) < 4.78 is 16.8. The van der Waals surface area contributed by atoms with Crippen LogP contribution in [0.2, 0.25) is 58.9 Å². The van der Waals surface area contributed by atoms with Gasteiger partial charge in [0.25, 0.3) is 0 Å². The van der Waals surface area contributed by atoms with Crippen molar-refractivity contribution in [1.29, 1.82) is 0 Å². The van der Waals surface area contributed by atoms with Gasteiger partial charge in [-0.05, 0) is 58.9 Å². The summed E-state index contributed by atoms with van der Waals surface area (Å²) in [5.74, 6) is -2.40. The van der Waals surface area contributed by atoms with Crippen LogP contribution >= 0.6 is 0 Å². The first-order valence-electron chi connectivity index (χ1n) is 7.84. The number of rotatable bonds is 7. The predicted molar refractivity (Wildman–Crippen MR) is 99.9 cm³/mol. The molecule has 0 saturated carbocycles. The van der Waals surface area contributed by atoms with E-state index >= 15 is 0 Å². The van der Waals surface area contributed by atoms with Gasteiger partial charge >= 0.3 is 17.7 Å². The van der Waals surface area contributed by atoms with Gasteiger partial charge in [0.2, 0.25) is 22.5 Å². The van der Waals surface area contributed by atoms with Crippen LogP contribution in [0.4, 0.5) is 0 Å². The van der Waals surface area contributed by atoms with E-state index in [1.54, 1.807) is 0 Å². The second-order valence-electron chi connectivity index (χ2n) is 8.58. The summed E-state index contributed by atoms with van der Waals surface area (Å²) in [7, 11) is -7.07. The van der Waals surface area contributed by atoms with Gasteiger partial charge < -0.3 is 18.6 Å². The fourth-order valence-corrected chi connectivity index (χ4v) is 4.24. The Hall–Kier alpha value is -0.979. The Labute approximate surface area is 147 Å². The van der Waals surface area contributed by atoms with Crippen LogP contribution in [0.15, 0.2) is 0 Å². The van der Waals surface area contributed by atoms with Crippen LogP contribution in [0.1, 0.15) is 6.92 Å². The smallest absolute Gasteiger partial charge is 0.358 e. The summed E-state index contributed by atoms with van der Waals surface area (Å²) in [6.07, 6.45) is 0. The molecule has 0 bridgehead atoms. The average Bonchev–Trinajstić information content (AvgIpc) is 2.19. The van der Waals surface area contributed by atoms with Crippen molar-refractivity contribution in [1.82, 2.24) is 5.32 Å². The quantitative estimate of drug-likeness (QED) is 0.309. The van der Waals surface area contributed by atoms with Crippen molar-refractivity contribution < 1.29 is 27.7 Å². The van der Waals surface area contributed by atoms with Crippen LogP contribution in [-0.4, -0.2) is 48.5 Å². The van der Waals surface area contributed by atoms with E-state index in [0.717, 1.165) is 0 Å². The minimum atomic E-state index is -2.42. The zero-order valence-electron chi connectivity index (χ0n) is 16.4. The molecule has 0 aromatic heterocycles. The molecule has 140 valence electrons. The average molecular weight is 395 g/mol. The second kappa shape index (κ2) is 7.50. The number of hydrogen-bond donors (Lipinski definition) is 1. The van der Waals surface area contributed by atoms with Crippen molar-refractivity contribution >= 4 is 42.8 Å². The van der Waals surface area contributed by atoms with Gasteiger partial charge in [-0.1, -0.05) is 0 Å². The van der Waals surface area contributed by atoms with Crippen molar-refractivity contribution in [2.75, 3.05) is 0 Å². The van der Waals surface area contributed by atoms with Crippen LogP contribution in [0.3, 0.4) is 0 Å². The fraction of sp³-hybridized carbons (Fsp3) is 0.786. The summed E-state index contributed by atoms with van der Waals surface area (Å²) in [5, 5.41) is 2.36. The summed E-state index contributed by atoms with van der Waals surface area (Å²) in [6, 6.07) is 0. The van der Waals surface area contributed by atoms with E-state index < -0.39 is 48.5 Å². The molecular formula is C14H31NO6Si3. The Bertz CT molecular complexity index is 474. The first kappa shape index (κ1) is 23.0. The lowest BCUT2D eigenvalue weighted by Crippen LogP contribution is -2.67. The molecule has 0 aromatic rings. The molecule has 0 radical (unpaired) electrons. The van der Waals surface area contributed by atoms with E-state index in [2.05, 4.69) is 5.32 Å². The fourth-order valence-electron chi connectivity index (χ4n) is 1.70. The highest BCUT2D eigenvalue weighted by atomic mass is 28.4. The summed E-state index contributed by atoms with van der Waals surface area (Å²) >= 11 is 0. The largest absolute Gasteiger partial charge is 0.516 e. The van der Waals surface area contributed by atoms with Gasteiger partial charge in [0, 0.05) is 6.92 Å². The SMILES string of the molecule is CC(=O)[15NH]C(O[Si](C)(C)C)(C(=O)O[Si](C)(C)C)C(=O)O[Si](C)(C)C. The van der Waals surface area contributed by atoms with Crippen LogP contribution in [-0.2, 0) is 27.7 Å². The summed E-state index contributed by atoms with van der Waals surface area (Å²) in [5.41, 5.74) is -2.25. The number of hydrogen-bond acceptors (Lipinski definition) is 6. The molecule has 24 heavy (non-hydrogen) atoms. The van der Waals surface area contributed by atoms with E-state index in [9.17, 15) is 14.4 Å². The molecule has 0 unspecified atom stereocenters. The maximum Gasteiger partial charge on any atom is 0.358 e. The molecule has 0 atom stereocenters. The topological polar surface area (TPSA) is 90.9 Å². The molecular weight excluding hydrogens is 363 g/mol. The Kier molecular flexibility index (Phi) is 7.19. The van der Waals surface area contributed by atoms with Gasteiger partial charge in [-0.25, -0.2) is 9.59 Å². The van der Waals surface area contributed by atoms with Crippen molar-refractivity contribution in [3.63, 3.8) is 0 Å². The number of amides is 1. The van der Waals surface area contributed by atoms with Gasteiger partial charge in [-0.15, -0.1) is 0 Å². The van der Waals surface area contributed by atoms with Gasteiger partial charge in [0.05, 0.1) is 0 Å². The highest BCUT2D eigenvalue weighted by molar-refractivity contribution is 6.73. The molecule has 10 heteroatoms. The number of carbonyl (C=O) groups is 3. The molecule has 0 aliphatic rings. The lowest BCUT2D eigenvalue weighted by Gasteiger charge is -2.38. The number of nitrogens with one attached hydrogen (secondary N) is 1. The Balaban J connectivity index is 6.09. The van der Waals surface area contributed by atoms with Crippen LogP contribution in [0.25, 0.3) is 0 Å². The minimum Gasteiger partial charge on any atom is -0.516 e. The first-order chi connectivity index (χ1) is 10.4. The number of carbonyl (C=O) groups excluding carboxylic acids is 3. The maximum atomic E-state index is 12.8. The van der Waals surface area contributed by atoms with E-state index in [4.69, 9.17) is 13.3 Å². The lowest BCUT2D eigenvalue weighted by molar-refractivity contribution is -0.176. The van der Waals surface area contributed by atoms with Crippen molar-refractivity contribution in [3.05, 3.63) is 0 Å². The molecule has 0 fully saturated rings. The maximum absolute atomic E-state index is 12.8. The molecule has 0 aromatic carbocycles. The lowest BCUT2D eigenvalue weighted by atomic mass is 10.2. The molecule has 1 N–H and O–H groups in total. The summed E-state index contributed by atoms with van der Waals surface area (Å²) in [4.78, 5) is 37.4. The van der Waals surface area contributed by atoms with E-state index in [1.807, 2.05) is 58.9 Å². The van der Waals surface area contributed by atoms with Crippen LogP contribution in [0, 0.1) is 0 Å². The Morgan fingerprint density at radius 3 is 1.25 bits per heavy atom. The van der Waals surface area contributed by atoms with E-state index in [-0.39, 0.29) is 0 Å². The molecule has 0 aliphatic carbocycles. The van der Waals surface area contributed by atoms with Gasteiger partial charge in [-0.2, -0.15) is 0 Å². The van der Waals surface area contributed by atoms with Gasteiger partial charge in [0.15, 0.2) is 8.32 Å². The van der Waals surface area contributed by atoms with Crippen molar-refractivity contribution in [3.8, 4) is 0 Å². The highest BCUT2D eigenvalue weighted by Gasteiger charge is 2.55. The molecule has 1 amide bonds. The van der Waals surface area contributed by atoms with Crippen LogP contribution in [0.5, 0.6) is 0 Å². The Morgan fingerprint density at radius 2 is 1.04 bits per heavy atom. The predicted octanol–water partition coefficient (Wildman–Crippen LogP) is 2.43. The van der Waals surface area contributed by atoms with E-state index in [0.29, 0.717) is 0 Å². The highest BCUT2D eigenvalue weighted by Crippen LogP contribution is 2.23. The normalized spacial score (nSPS) is 13.2. The minimum absolute atomic E-state index is 0.576. The Morgan fingerprint density at radius 1 is 0.708 bits per heavy atom. The third kappa shape index (κ3) is 8.22. The third-order valence-corrected chi connectivity index (χ3v) is 4.70. The molecule has 0 saturated heterocycles. The molecule has 0 spiro atoms. The third-order valence-electron chi connectivity index (χ3n) is 2.18. The standard InChI is InChI=1S/C14H31NO6Si3/c1-11(16)15-14(21-24(8,9)10,12(17)19-22(2,3)4)13(18)20-23(5,6)7/h1-10H3,(H,15,16)/i15+1. The van der Waals surface area contributed by atoms with Gasteiger partial charge in [-0.3, -0.25) is 4.79 Å². The molecule has 0 rings (SSSR count). The first-order valence-corrected chi connectivity index (χ1v) is 18.1. The van der Waals surface area contributed by atoms with Crippen molar-refractivity contribution in [2.24, 2.45) is 0 Å². The molecule has 7 nitrogen and oxygen atoms in total. The molecule has 0 aliphatic heterocycles. The molecule has 0 heterocycles. The zero-order valence-corrected chi connectivity index (χ0v) is 19.4. The monoisotopic (exact) mass is 394 g/mol.